The van der Waals surface area contributed by atoms with Crippen LogP contribution in [0.15, 0.2) is 47.1 Å². The summed E-state index contributed by atoms with van der Waals surface area (Å²) in [5, 5.41) is 0. The lowest BCUT2D eigenvalue weighted by Crippen LogP contribution is -2.43. The lowest BCUT2D eigenvalue weighted by molar-refractivity contribution is 0.0590. The molecule has 0 bridgehead atoms. The van der Waals surface area contributed by atoms with Crippen LogP contribution in [-0.4, -0.2) is 47.8 Å². The summed E-state index contributed by atoms with van der Waals surface area (Å²) in [6, 6.07) is 9.37. The van der Waals surface area contributed by atoms with Gasteiger partial charge < -0.3 is 23.8 Å². The van der Waals surface area contributed by atoms with Gasteiger partial charge in [-0.3, -0.25) is 9.59 Å². The lowest BCUT2D eigenvalue weighted by atomic mass is 9.99. The minimum Gasteiger partial charge on any atom is -0.497 e. The van der Waals surface area contributed by atoms with Gasteiger partial charge in [0.1, 0.15) is 17.2 Å². The van der Waals surface area contributed by atoms with E-state index in [1.54, 1.807) is 57.2 Å². The van der Waals surface area contributed by atoms with Crippen LogP contribution in [0.25, 0.3) is 0 Å². The predicted molar refractivity (Wildman–Crippen MR) is 117 cm³/mol. The molecule has 1 amide bonds. The normalized spacial score (nSPS) is 11.7. The number of methoxy groups -OCH3 is 2. The number of aromatic amines is 1. The van der Waals surface area contributed by atoms with Gasteiger partial charge in [0, 0.05) is 16.8 Å². The molecule has 0 saturated carbocycles. The van der Waals surface area contributed by atoms with Crippen molar-refractivity contribution in [3.05, 3.63) is 76.5 Å². The summed E-state index contributed by atoms with van der Waals surface area (Å²) in [5.41, 5.74) is 1.98. The number of rotatable bonds is 8. The Morgan fingerprint density at radius 2 is 1.88 bits per heavy atom. The van der Waals surface area contributed by atoms with Crippen LogP contribution in [0.3, 0.4) is 0 Å². The molecule has 2 aromatic heterocycles. The van der Waals surface area contributed by atoms with E-state index in [4.69, 9.17) is 13.9 Å². The van der Waals surface area contributed by atoms with Crippen LogP contribution in [0.5, 0.6) is 5.75 Å². The Hall–Kier alpha value is -3.81. The first-order valence-electron chi connectivity index (χ1n) is 10.1. The fourth-order valence-electron chi connectivity index (χ4n) is 3.65. The van der Waals surface area contributed by atoms with Gasteiger partial charge in [0.25, 0.3) is 5.91 Å². The Morgan fingerprint density at radius 3 is 2.50 bits per heavy atom. The molecule has 0 aliphatic carbocycles. The largest absolute Gasteiger partial charge is 0.497 e. The van der Waals surface area contributed by atoms with Crippen LogP contribution in [0.2, 0.25) is 0 Å². The molecule has 0 unspecified atom stereocenters. The summed E-state index contributed by atoms with van der Waals surface area (Å²) in [5.74, 6) is -0.127. The molecule has 2 heterocycles. The topological polar surface area (TPSA) is 102 Å². The van der Waals surface area contributed by atoms with E-state index in [0.29, 0.717) is 33.9 Å². The number of ether oxygens (including phenoxy) is 2. The zero-order valence-corrected chi connectivity index (χ0v) is 18.7. The summed E-state index contributed by atoms with van der Waals surface area (Å²) in [4.78, 5) is 43.4. The van der Waals surface area contributed by atoms with Gasteiger partial charge in [-0.2, -0.15) is 0 Å². The average Bonchev–Trinajstić information content (AvgIpc) is 3.42. The van der Waals surface area contributed by atoms with E-state index in [1.165, 1.54) is 25.4 Å². The van der Waals surface area contributed by atoms with E-state index >= 15 is 0 Å². The van der Waals surface area contributed by atoms with Gasteiger partial charge in [-0.05, 0) is 56.7 Å². The summed E-state index contributed by atoms with van der Waals surface area (Å²) >= 11 is 0. The monoisotopic (exact) mass is 438 g/mol. The van der Waals surface area contributed by atoms with Gasteiger partial charge in [0.05, 0.1) is 33.1 Å². The van der Waals surface area contributed by atoms with E-state index in [0.717, 1.165) is 0 Å². The highest BCUT2D eigenvalue weighted by atomic mass is 16.5. The molecule has 1 aromatic carbocycles. The smallest absolute Gasteiger partial charge is 0.354 e. The number of amides is 1. The summed E-state index contributed by atoms with van der Waals surface area (Å²) < 4.78 is 15.5. The van der Waals surface area contributed by atoms with Crippen molar-refractivity contribution in [2.24, 2.45) is 0 Å². The van der Waals surface area contributed by atoms with E-state index < -0.39 is 12.0 Å². The van der Waals surface area contributed by atoms with Crippen LogP contribution >= 0.6 is 0 Å². The zero-order chi connectivity index (χ0) is 23.4. The Balaban J connectivity index is 1.99. The van der Waals surface area contributed by atoms with E-state index in [-0.39, 0.29) is 23.9 Å². The number of esters is 1. The highest BCUT2D eigenvalue weighted by Gasteiger charge is 2.32. The van der Waals surface area contributed by atoms with Crippen molar-refractivity contribution in [1.29, 1.82) is 0 Å². The van der Waals surface area contributed by atoms with E-state index in [2.05, 4.69) is 4.98 Å². The summed E-state index contributed by atoms with van der Waals surface area (Å²) in [6.07, 6.45) is 1.51. The lowest BCUT2D eigenvalue weighted by Gasteiger charge is -2.28. The SMILES string of the molecule is COC(=O)c1[nH]c(C)c(C(=O)[C@@H](C)N(Cc2ccco2)C(=O)c2cccc(OC)c2)c1C. The molecule has 8 heteroatoms. The number of carbonyl (C=O) groups excluding carboxylic acids is 3. The van der Waals surface area contributed by atoms with Crippen molar-refractivity contribution >= 4 is 17.7 Å². The molecule has 0 saturated heterocycles. The standard InChI is InChI=1S/C24H26N2O6/c1-14-20(15(2)25-21(14)24(29)31-5)22(27)16(3)26(13-19-10-7-11-32-19)23(28)17-8-6-9-18(12-17)30-4/h6-12,16,25H,13H2,1-5H3/t16-/m1/s1. The van der Waals surface area contributed by atoms with Gasteiger partial charge in [-0.1, -0.05) is 6.07 Å². The van der Waals surface area contributed by atoms with Gasteiger partial charge in [-0.25, -0.2) is 4.79 Å². The van der Waals surface area contributed by atoms with Crippen LogP contribution in [0, 0.1) is 13.8 Å². The maximum absolute atomic E-state index is 13.5. The molecule has 3 rings (SSSR count). The first-order chi connectivity index (χ1) is 15.3. The predicted octanol–water partition coefficient (Wildman–Crippen LogP) is 3.93. The fourth-order valence-corrected chi connectivity index (χ4v) is 3.65. The third-order valence-electron chi connectivity index (χ3n) is 5.40. The molecule has 0 fully saturated rings. The van der Waals surface area contributed by atoms with Crippen LogP contribution in [0.1, 0.15) is 55.1 Å². The molecule has 3 aromatic rings. The second kappa shape index (κ2) is 9.55. The summed E-state index contributed by atoms with van der Waals surface area (Å²) in [7, 11) is 2.80. The number of H-pyrrole nitrogens is 1. The Morgan fingerprint density at radius 1 is 1.12 bits per heavy atom. The number of ketones is 1. The average molecular weight is 438 g/mol. The molecule has 168 valence electrons. The fraction of sp³-hybridized carbons (Fsp3) is 0.292. The number of nitrogens with zero attached hydrogens (tertiary/aromatic N) is 1. The zero-order valence-electron chi connectivity index (χ0n) is 18.7. The second-order valence-electron chi connectivity index (χ2n) is 7.40. The van der Waals surface area contributed by atoms with Gasteiger partial charge in [0.2, 0.25) is 0 Å². The molecule has 0 aliphatic rings. The number of nitrogens with one attached hydrogen (secondary N) is 1. The maximum Gasteiger partial charge on any atom is 0.354 e. The van der Waals surface area contributed by atoms with Crippen molar-refractivity contribution in [2.75, 3.05) is 14.2 Å². The molecular weight excluding hydrogens is 412 g/mol. The molecule has 0 radical (unpaired) electrons. The van der Waals surface area contributed by atoms with E-state index in [1.807, 2.05) is 0 Å². The highest BCUT2D eigenvalue weighted by Crippen LogP contribution is 2.24. The van der Waals surface area contributed by atoms with Crippen molar-refractivity contribution < 1.29 is 28.3 Å². The highest BCUT2D eigenvalue weighted by molar-refractivity contribution is 6.07. The number of aryl methyl sites for hydroxylation is 1. The van der Waals surface area contributed by atoms with Gasteiger partial charge in [-0.15, -0.1) is 0 Å². The van der Waals surface area contributed by atoms with Crippen molar-refractivity contribution in [3.63, 3.8) is 0 Å². The number of furan rings is 1. The first-order valence-corrected chi connectivity index (χ1v) is 10.1. The van der Waals surface area contributed by atoms with Crippen molar-refractivity contribution in [2.45, 2.75) is 33.4 Å². The number of hydrogen-bond donors (Lipinski definition) is 1. The third kappa shape index (κ3) is 4.44. The van der Waals surface area contributed by atoms with Crippen LogP contribution < -0.4 is 4.74 Å². The Bertz CT molecular complexity index is 1130. The number of benzene rings is 1. The quantitative estimate of drug-likeness (QED) is 0.422. The Kier molecular flexibility index (Phi) is 6.82. The van der Waals surface area contributed by atoms with E-state index in [9.17, 15) is 14.4 Å². The Labute approximate surface area is 186 Å². The second-order valence-corrected chi connectivity index (χ2v) is 7.40. The maximum atomic E-state index is 13.5. The van der Waals surface area contributed by atoms with Crippen LogP contribution in [0.4, 0.5) is 0 Å². The van der Waals surface area contributed by atoms with Crippen molar-refractivity contribution in [1.82, 2.24) is 9.88 Å². The molecular formula is C24H26N2O6. The minimum absolute atomic E-state index is 0.0995. The molecule has 8 nitrogen and oxygen atoms in total. The molecule has 0 aliphatic heterocycles. The number of hydrogen-bond acceptors (Lipinski definition) is 6. The number of carbonyl (C=O) groups is 3. The number of aromatic nitrogens is 1. The van der Waals surface area contributed by atoms with Gasteiger partial charge in [0.15, 0.2) is 5.78 Å². The molecule has 32 heavy (non-hydrogen) atoms. The van der Waals surface area contributed by atoms with Crippen LogP contribution in [-0.2, 0) is 11.3 Å². The third-order valence-corrected chi connectivity index (χ3v) is 5.40. The molecule has 0 spiro atoms. The van der Waals surface area contributed by atoms with Gasteiger partial charge >= 0.3 is 5.97 Å². The first kappa shape index (κ1) is 22.9. The van der Waals surface area contributed by atoms with Crippen molar-refractivity contribution in [3.8, 4) is 5.75 Å². The minimum atomic E-state index is -0.836. The molecule has 1 N–H and O–H groups in total. The molecule has 1 atom stereocenters. The number of Topliss-reactive ketones (excluding diaryl/α,β-unsaturated/α-hetero) is 1. The summed E-state index contributed by atoms with van der Waals surface area (Å²) in [6.45, 7) is 5.14.